The number of nitrogens with one attached hydrogen (secondary N) is 3. The Morgan fingerprint density at radius 1 is 1.21 bits per heavy atom. The fraction of sp³-hybridized carbons (Fsp3) is 0.200. The summed E-state index contributed by atoms with van der Waals surface area (Å²) in [6.45, 7) is 3.46. The molecule has 198 valence electrons. The van der Waals surface area contributed by atoms with Gasteiger partial charge in [0.05, 0.1) is 13.7 Å². The Balaban J connectivity index is 0.000000934. The molecule has 0 fully saturated rings. The molecular formula is C25H28N8O5. The second-order valence-corrected chi connectivity index (χ2v) is 7.77. The van der Waals surface area contributed by atoms with Crippen LogP contribution in [0.1, 0.15) is 36.8 Å². The molecule has 0 bridgehead atoms. The summed E-state index contributed by atoms with van der Waals surface area (Å²) in [4.78, 5) is 24.5. The number of nitrogens with two attached hydrogens (primary N) is 1. The summed E-state index contributed by atoms with van der Waals surface area (Å²) in [5.41, 5.74) is 7.19. The maximum absolute atomic E-state index is 12.7. The van der Waals surface area contributed by atoms with Crippen molar-refractivity contribution in [3.05, 3.63) is 88.2 Å². The molecule has 1 unspecified atom stereocenters. The SMILES string of the molecule is CC(=O)O.CCOc1cc(OC)cc(C(Nc2ccc(C(=N)N)cc2)c2nn(-c3cccnn3)c(=O)[nH]2)c1. The molecular weight excluding hydrogens is 492 g/mol. The highest BCUT2D eigenvalue weighted by atomic mass is 16.5. The van der Waals surface area contributed by atoms with Crippen molar-refractivity contribution in [1.82, 2.24) is 25.0 Å². The second kappa shape index (κ2) is 12.7. The minimum absolute atomic E-state index is 0.0238. The van der Waals surface area contributed by atoms with Crippen LogP contribution in [0.2, 0.25) is 0 Å². The van der Waals surface area contributed by atoms with E-state index in [-0.39, 0.29) is 5.84 Å². The maximum atomic E-state index is 12.7. The number of carboxylic acids is 1. The number of anilines is 1. The fourth-order valence-electron chi connectivity index (χ4n) is 3.38. The quantitative estimate of drug-likeness (QED) is 0.161. The van der Waals surface area contributed by atoms with Gasteiger partial charge in [0.2, 0.25) is 0 Å². The number of H-pyrrole nitrogens is 1. The van der Waals surface area contributed by atoms with E-state index in [0.717, 1.165) is 22.9 Å². The molecule has 0 amide bonds. The summed E-state index contributed by atoms with van der Waals surface area (Å²) >= 11 is 0. The average Bonchev–Trinajstić information content (AvgIpc) is 3.28. The summed E-state index contributed by atoms with van der Waals surface area (Å²) in [5.74, 6) is 0.994. The lowest BCUT2D eigenvalue weighted by atomic mass is 10.0. The highest BCUT2D eigenvalue weighted by Gasteiger charge is 2.22. The largest absolute Gasteiger partial charge is 0.497 e. The van der Waals surface area contributed by atoms with E-state index >= 15 is 0 Å². The molecule has 4 rings (SSSR count). The topological polar surface area (TPSA) is 194 Å². The van der Waals surface area contributed by atoms with E-state index in [1.54, 1.807) is 49.6 Å². The van der Waals surface area contributed by atoms with Crippen molar-refractivity contribution in [3.63, 3.8) is 0 Å². The smallest absolute Gasteiger partial charge is 0.349 e. The minimum Gasteiger partial charge on any atom is -0.497 e. The Bertz CT molecular complexity index is 1430. The molecule has 2 aromatic carbocycles. The fourth-order valence-corrected chi connectivity index (χ4v) is 3.38. The molecule has 0 spiro atoms. The van der Waals surface area contributed by atoms with Gasteiger partial charge in [0.25, 0.3) is 5.97 Å². The first kappa shape index (κ1) is 27.4. The summed E-state index contributed by atoms with van der Waals surface area (Å²) < 4.78 is 12.3. The zero-order valence-corrected chi connectivity index (χ0v) is 21.0. The summed E-state index contributed by atoms with van der Waals surface area (Å²) in [6.07, 6.45) is 1.52. The first-order valence-electron chi connectivity index (χ1n) is 11.4. The third-order valence-corrected chi connectivity index (χ3v) is 4.97. The average molecular weight is 521 g/mol. The molecule has 0 saturated carbocycles. The Morgan fingerprint density at radius 3 is 2.47 bits per heavy atom. The highest BCUT2D eigenvalue weighted by Crippen LogP contribution is 2.31. The van der Waals surface area contributed by atoms with E-state index in [0.29, 0.717) is 35.3 Å². The van der Waals surface area contributed by atoms with Crippen LogP contribution in [0.5, 0.6) is 11.5 Å². The van der Waals surface area contributed by atoms with Crippen molar-refractivity contribution in [2.75, 3.05) is 19.0 Å². The number of aliphatic carboxylic acids is 1. The highest BCUT2D eigenvalue weighted by molar-refractivity contribution is 5.95. The Labute approximate surface area is 217 Å². The minimum atomic E-state index is -0.833. The van der Waals surface area contributed by atoms with Gasteiger partial charge in [-0.2, -0.15) is 9.78 Å². The number of aromatic amines is 1. The van der Waals surface area contributed by atoms with Crippen LogP contribution in [-0.4, -0.2) is 55.6 Å². The number of methoxy groups -OCH3 is 1. The molecule has 4 aromatic rings. The zero-order chi connectivity index (χ0) is 27.7. The number of carbonyl (C=O) groups is 1. The number of benzene rings is 2. The molecule has 0 aliphatic heterocycles. The monoisotopic (exact) mass is 520 g/mol. The number of ether oxygens (including phenoxy) is 2. The van der Waals surface area contributed by atoms with E-state index in [1.807, 2.05) is 19.1 Å². The van der Waals surface area contributed by atoms with Crippen molar-refractivity contribution in [2.45, 2.75) is 19.9 Å². The zero-order valence-electron chi connectivity index (χ0n) is 21.0. The number of hydrogen-bond donors (Lipinski definition) is 5. The molecule has 6 N–H and O–H groups in total. The van der Waals surface area contributed by atoms with Gasteiger partial charge in [0.1, 0.15) is 23.4 Å². The summed E-state index contributed by atoms with van der Waals surface area (Å²) in [6, 6.07) is 15.3. The van der Waals surface area contributed by atoms with Gasteiger partial charge in [-0.15, -0.1) is 10.2 Å². The molecule has 0 radical (unpaired) electrons. The third-order valence-electron chi connectivity index (χ3n) is 4.97. The molecule has 0 saturated heterocycles. The maximum Gasteiger partial charge on any atom is 0.349 e. The first-order chi connectivity index (χ1) is 18.2. The number of nitrogens with zero attached hydrogens (tertiary/aromatic N) is 4. The lowest BCUT2D eigenvalue weighted by Crippen LogP contribution is -2.17. The molecule has 2 aromatic heterocycles. The Morgan fingerprint density at radius 2 is 1.89 bits per heavy atom. The van der Waals surface area contributed by atoms with Crippen molar-refractivity contribution in [2.24, 2.45) is 5.73 Å². The van der Waals surface area contributed by atoms with Crippen molar-refractivity contribution in [3.8, 4) is 17.3 Å². The van der Waals surface area contributed by atoms with Gasteiger partial charge in [-0.05, 0) is 61.0 Å². The van der Waals surface area contributed by atoms with Crippen LogP contribution in [0.15, 0.2) is 65.6 Å². The first-order valence-corrected chi connectivity index (χ1v) is 11.4. The van der Waals surface area contributed by atoms with Gasteiger partial charge in [-0.25, -0.2) is 4.79 Å². The molecule has 2 heterocycles. The van der Waals surface area contributed by atoms with E-state index < -0.39 is 17.7 Å². The van der Waals surface area contributed by atoms with Crippen LogP contribution < -0.4 is 26.2 Å². The molecule has 38 heavy (non-hydrogen) atoms. The Hall–Kier alpha value is -5.20. The van der Waals surface area contributed by atoms with Crippen LogP contribution in [0, 0.1) is 5.41 Å². The van der Waals surface area contributed by atoms with Gasteiger partial charge < -0.3 is 25.6 Å². The van der Waals surface area contributed by atoms with Crippen molar-refractivity contribution in [1.29, 1.82) is 5.41 Å². The number of hydrogen-bond acceptors (Lipinski definition) is 9. The number of aromatic nitrogens is 5. The van der Waals surface area contributed by atoms with E-state index in [1.165, 1.54) is 6.20 Å². The van der Waals surface area contributed by atoms with E-state index in [2.05, 4.69) is 25.6 Å². The second-order valence-electron chi connectivity index (χ2n) is 7.77. The Kier molecular flexibility index (Phi) is 9.13. The molecule has 0 aliphatic rings. The normalized spacial score (nSPS) is 11.0. The lowest BCUT2D eigenvalue weighted by Gasteiger charge is -2.20. The third kappa shape index (κ3) is 7.16. The van der Waals surface area contributed by atoms with Crippen LogP contribution in [0.4, 0.5) is 5.69 Å². The summed E-state index contributed by atoms with van der Waals surface area (Å²) in [5, 5.41) is 30.7. The molecule has 13 heteroatoms. The van der Waals surface area contributed by atoms with Gasteiger partial charge >= 0.3 is 5.69 Å². The van der Waals surface area contributed by atoms with Crippen LogP contribution in [0.3, 0.4) is 0 Å². The number of amidine groups is 1. The van der Waals surface area contributed by atoms with Crippen LogP contribution >= 0.6 is 0 Å². The van der Waals surface area contributed by atoms with Gasteiger partial charge in [0.15, 0.2) is 11.6 Å². The number of carboxylic acid groups (broad SMARTS) is 1. The predicted molar refractivity (Wildman–Crippen MR) is 140 cm³/mol. The van der Waals surface area contributed by atoms with Gasteiger partial charge in [0, 0.05) is 30.4 Å². The van der Waals surface area contributed by atoms with Crippen LogP contribution in [-0.2, 0) is 4.79 Å². The van der Waals surface area contributed by atoms with Gasteiger partial charge in [-0.3, -0.25) is 15.2 Å². The molecule has 0 aliphatic carbocycles. The predicted octanol–water partition coefficient (Wildman–Crippen LogP) is 2.33. The van der Waals surface area contributed by atoms with Crippen molar-refractivity contribution < 1.29 is 19.4 Å². The van der Waals surface area contributed by atoms with Gasteiger partial charge in [-0.1, -0.05) is 0 Å². The standard InChI is InChI=1S/C23H24N8O3.C2H4O2/c1-3-34-18-12-15(11-17(13-18)33-2)20(27-16-8-6-14(7-9-16)21(24)25)22-28-23(32)31(30-22)19-5-4-10-26-29-19;1-2(3)4/h4-13,20,27H,3H2,1-2H3,(H3,24,25)(H,28,30,32);1H3,(H,3,4). The number of rotatable bonds is 9. The molecule has 1 atom stereocenters. The van der Waals surface area contributed by atoms with Crippen molar-refractivity contribution >= 4 is 17.5 Å². The lowest BCUT2D eigenvalue weighted by molar-refractivity contribution is -0.134. The molecule has 13 nitrogen and oxygen atoms in total. The number of nitrogen functional groups attached to an aromatic ring is 1. The van der Waals surface area contributed by atoms with E-state index in [9.17, 15) is 4.79 Å². The van der Waals surface area contributed by atoms with Crippen LogP contribution in [0.25, 0.3) is 5.82 Å². The van der Waals surface area contributed by atoms with E-state index in [4.69, 9.17) is 30.5 Å². The summed E-state index contributed by atoms with van der Waals surface area (Å²) in [7, 11) is 1.57.